The van der Waals surface area contributed by atoms with Gasteiger partial charge >= 0.3 is 0 Å². The molecule has 2 N–H and O–H groups in total. The highest BCUT2D eigenvalue weighted by Crippen LogP contribution is 2.17. The van der Waals surface area contributed by atoms with Gasteiger partial charge in [0.1, 0.15) is 6.33 Å². The molecule has 0 aromatic carbocycles. The van der Waals surface area contributed by atoms with Crippen LogP contribution in [-0.2, 0) is 11.8 Å². The van der Waals surface area contributed by atoms with Gasteiger partial charge in [-0.2, -0.15) is 0 Å². The zero-order chi connectivity index (χ0) is 12.4. The van der Waals surface area contributed by atoms with Crippen LogP contribution < -0.4 is 10.6 Å². The van der Waals surface area contributed by atoms with Crippen molar-refractivity contribution >= 4 is 5.91 Å². The fourth-order valence-electron chi connectivity index (χ4n) is 2.23. The second-order valence-electron chi connectivity index (χ2n) is 4.77. The summed E-state index contributed by atoms with van der Waals surface area (Å²) in [6.07, 6.45) is 1.64. The van der Waals surface area contributed by atoms with E-state index in [1.807, 2.05) is 18.5 Å². The van der Waals surface area contributed by atoms with Crippen LogP contribution in [0.2, 0.25) is 0 Å². The Morgan fingerprint density at radius 1 is 1.65 bits per heavy atom. The van der Waals surface area contributed by atoms with Crippen molar-refractivity contribution in [2.24, 2.45) is 18.9 Å². The fraction of sp³-hybridized carbons (Fsp3) is 0.727. The Morgan fingerprint density at radius 2 is 2.41 bits per heavy atom. The van der Waals surface area contributed by atoms with Crippen molar-refractivity contribution in [3.8, 4) is 0 Å². The predicted molar refractivity (Wildman–Crippen MR) is 63.1 cm³/mol. The van der Waals surface area contributed by atoms with Gasteiger partial charge in [-0.15, -0.1) is 10.2 Å². The molecule has 6 heteroatoms. The Balaban J connectivity index is 1.97. The zero-order valence-corrected chi connectivity index (χ0v) is 10.5. The number of amides is 1. The largest absolute Gasteiger partial charge is 0.346 e. The summed E-state index contributed by atoms with van der Waals surface area (Å²) in [6.45, 7) is 5.70. The molecule has 1 aliphatic rings. The third-order valence-corrected chi connectivity index (χ3v) is 3.35. The molecule has 1 aromatic heterocycles. The van der Waals surface area contributed by atoms with E-state index in [4.69, 9.17) is 0 Å². The van der Waals surface area contributed by atoms with Gasteiger partial charge in [-0.1, -0.05) is 6.92 Å². The summed E-state index contributed by atoms with van der Waals surface area (Å²) < 4.78 is 1.82. The minimum absolute atomic E-state index is 0.0608. The van der Waals surface area contributed by atoms with Crippen molar-refractivity contribution in [1.82, 2.24) is 25.4 Å². The third kappa shape index (κ3) is 2.46. The number of aryl methyl sites for hydroxylation is 1. The number of nitrogens with zero attached hydrogens (tertiary/aromatic N) is 3. The smallest absolute Gasteiger partial charge is 0.225 e. The number of nitrogens with one attached hydrogen (secondary N) is 2. The van der Waals surface area contributed by atoms with E-state index in [2.05, 4.69) is 27.8 Å². The lowest BCUT2D eigenvalue weighted by Gasteiger charge is -2.18. The van der Waals surface area contributed by atoms with Crippen molar-refractivity contribution < 1.29 is 4.79 Å². The van der Waals surface area contributed by atoms with Gasteiger partial charge in [-0.05, 0) is 19.4 Å². The van der Waals surface area contributed by atoms with E-state index in [0.29, 0.717) is 5.92 Å². The average molecular weight is 237 g/mol. The molecule has 3 atom stereocenters. The van der Waals surface area contributed by atoms with Crippen LogP contribution in [0.3, 0.4) is 0 Å². The lowest BCUT2D eigenvalue weighted by Crippen LogP contribution is -2.36. The molecule has 1 saturated heterocycles. The van der Waals surface area contributed by atoms with E-state index in [-0.39, 0.29) is 17.9 Å². The number of aromatic nitrogens is 3. The van der Waals surface area contributed by atoms with Gasteiger partial charge in [-0.3, -0.25) is 4.79 Å². The van der Waals surface area contributed by atoms with E-state index < -0.39 is 0 Å². The Hall–Kier alpha value is -1.43. The minimum Gasteiger partial charge on any atom is -0.346 e. The van der Waals surface area contributed by atoms with Crippen LogP contribution in [0.25, 0.3) is 0 Å². The Kier molecular flexibility index (Phi) is 3.42. The summed E-state index contributed by atoms with van der Waals surface area (Å²) in [5, 5.41) is 14.0. The first kappa shape index (κ1) is 12.0. The molecule has 0 radical (unpaired) electrons. The number of hydrogen-bond donors (Lipinski definition) is 2. The molecule has 3 unspecified atom stereocenters. The molecular formula is C11H19N5O. The molecule has 1 aliphatic heterocycles. The van der Waals surface area contributed by atoms with Crippen LogP contribution in [-0.4, -0.2) is 33.8 Å². The molecule has 0 bridgehead atoms. The van der Waals surface area contributed by atoms with E-state index in [9.17, 15) is 4.79 Å². The molecule has 1 aromatic rings. The van der Waals surface area contributed by atoms with Gasteiger partial charge in [0.05, 0.1) is 12.0 Å². The molecular weight excluding hydrogens is 218 g/mol. The molecule has 1 fully saturated rings. The van der Waals surface area contributed by atoms with E-state index in [1.165, 1.54) is 0 Å². The fourth-order valence-corrected chi connectivity index (χ4v) is 2.23. The molecule has 0 aliphatic carbocycles. The molecule has 1 amide bonds. The highest BCUT2D eigenvalue weighted by molar-refractivity contribution is 5.79. The van der Waals surface area contributed by atoms with E-state index in [1.54, 1.807) is 6.33 Å². The summed E-state index contributed by atoms with van der Waals surface area (Å²) >= 11 is 0. The van der Waals surface area contributed by atoms with Crippen molar-refractivity contribution in [3.05, 3.63) is 12.2 Å². The molecule has 94 valence electrons. The number of rotatable bonds is 3. The van der Waals surface area contributed by atoms with Crippen LogP contribution in [0.1, 0.15) is 25.7 Å². The van der Waals surface area contributed by atoms with Crippen LogP contribution in [0.15, 0.2) is 6.33 Å². The third-order valence-electron chi connectivity index (χ3n) is 3.35. The summed E-state index contributed by atoms with van der Waals surface area (Å²) in [5.74, 6) is 1.32. The molecule has 0 saturated carbocycles. The molecule has 6 nitrogen and oxygen atoms in total. The number of carbonyl (C=O) groups excluding carboxylic acids is 1. The molecule has 2 heterocycles. The second kappa shape index (κ2) is 4.83. The van der Waals surface area contributed by atoms with Gasteiger partial charge in [-0.25, -0.2) is 0 Å². The maximum absolute atomic E-state index is 12.1. The van der Waals surface area contributed by atoms with Gasteiger partial charge in [0.2, 0.25) is 5.91 Å². The van der Waals surface area contributed by atoms with Crippen LogP contribution in [0, 0.1) is 11.8 Å². The van der Waals surface area contributed by atoms with Crippen molar-refractivity contribution in [2.45, 2.75) is 19.9 Å². The van der Waals surface area contributed by atoms with Crippen LogP contribution >= 0.6 is 0 Å². The molecule has 0 spiro atoms. The van der Waals surface area contributed by atoms with Crippen molar-refractivity contribution in [2.75, 3.05) is 13.1 Å². The maximum atomic E-state index is 12.1. The van der Waals surface area contributed by atoms with E-state index >= 15 is 0 Å². The monoisotopic (exact) mass is 237 g/mol. The first-order valence-corrected chi connectivity index (χ1v) is 5.94. The molecule has 2 rings (SSSR count). The van der Waals surface area contributed by atoms with Crippen LogP contribution in [0.4, 0.5) is 0 Å². The normalized spacial score (nSPS) is 25.8. The standard InChI is InChI=1S/C11H19N5O/c1-7-4-12-5-9(7)11(17)14-8(2)10-15-13-6-16(10)3/h6-9,12H,4-5H2,1-3H3,(H,14,17). The number of hydrogen-bond acceptors (Lipinski definition) is 4. The van der Waals surface area contributed by atoms with Crippen molar-refractivity contribution in [3.63, 3.8) is 0 Å². The lowest BCUT2D eigenvalue weighted by molar-refractivity contribution is -0.126. The average Bonchev–Trinajstić information content (AvgIpc) is 2.86. The Labute approximate surface area is 101 Å². The van der Waals surface area contributed by atoms with Gasteiger partial charge in [0.15, 0.2) is 5.82 Å². The zero-order valence-electron chi connectivity index (χ0n) is 10.5. The van der Waals surface area contributed by atoms with Crippen molar-refractivity contribution in [1.29, 1.82) is 0 Å². The minimum atomic E-state index is -0.109. The topological polar surface area (TPSA) is 71.8 Å². The summed E-state index contributed by atoms with van der Waals surface area (Å²) in [7, 11) is 1.87. The summed E-state index contributed by atoms with van der Waals surface area (Å²) in [6, 6.07) is -0.109. The first-order valence-electron chi connectivity index (χ1n) is 5.94. The highest BCUT2D eigenvalue weighted by Gasteiger charge is 2.30. The quantitative estimate of drug-likeness (QED) is 0.767. The Bertz CT molecular complexity index is 402. The number of carbonyl (C=O) groups is 1. The summed E-state index contributed by atoms with van der Waals surface area (Å²) in [4.78, 5) is 12.1. The van der Waals surface area contributed by atoms with Gasteiger partial charge < -0.3 is 15.2 Å². The van der Waals surface area contributed by atoms with E-state index in [0.717, 1.165) is 18.9 Å². The highest BCUT2D eigenvalue weighted by atomic mass is 16.2. The van der Waals surface area contributed by atoms with Gasteiger partial charge in [0.25, 0.3) is 0 Å². The second-order valence-corrected chi connectivity index (χ2v) is 4.77. The first-order chi connectivity index (χ1) is 8.09. The SMILES string of the molecule is CC(NC(=O)C1CNCC1C)c1nncn1C. The lowest BCUT2D eigenvalue weighted by atomic mass is 9.97. The van der Waals surface area contributed by atoms with Crippen LogP contribution in [0.5, 0.6) is 0 Å². The predicted octanol–water partition coefficient (Wildman–Crippen LogP) is -0.152. The molecule has 17 heavy (non-hydrogen) atoms. The maximum Gasteiger partial charge on any atom is 0.225 e. The Morgan fingerprint density at radius 3 is 2.94 bits per heavy atom. The summed E-state index contributed by atoms with van der Waals surface area (Å²) in [5.41, 5.74) is 0. The van der Waals surface area contributed by atoms with Gasteiger partial charge in [0, 0.05) is 13.6 Å².